The van der Waals surface area contributed by atoms with Gasteiger partial charge in [0.2, 0.25) is 0 Å². The van der Waals surface area contributed by atoms with Gasteiger partial charge in [-0.3, -0.25) is 4.79 Å². The minimum atomic E-state index is -0.478. The van der Waals surface area contributed by atoms with Gasteiger partial charge in [0, 0.05) is 5.69 Å². The van der Waals surface area contributed by atoms with Crippen LogP contribution in [0.4, 0.5) is 5.69 Å². The van der Waals surface area contributed by atoms with Gasteiger partial charge in [0.1, 0.15) is 11.3 Å². The molecule has 1 aromatic carbocycles. The van der Waals surface area contributed by atoms with Crippen molar-refractivity contribution in [3.8, 4) is 5.75 Å². The van der Waals surface area contributed by atoms with Crippen LogP contribution >= 0.6 is 0 Å². The number of methoxy groups -OCH3 is 1. The summed E-state index contributed by atoms with van der Waals surface area (Å²) >= 11 is 0. The first kappa shape index (κ1) is 13.7. The normalized spacial score (nSPS) is 22.8. The quantitative estimate of drug-likeness (QED) is 0.719. The maximum atomic E-state index is 12.3. The predicted octanol–water partition coefficient (Wildman–Crippen LogP) is 1.31. The van der Waals surface area contributed by atoms with E-state index < -0.39 is 6.10 Å². The van der Waals surface area contributed by atoms with Gasteiger partial charge in [0.15, 0.2) is 0 Å². The molecular weight excluding hydrogens is 244 g/mol. The Hall–Kier alpha value is -1.75. The molecule has 4 N–H and O–H groups in total. The first-order valence-electron chi connectivity index (χ1n) is 6.55. The Balaban J connectivity index is 2.15. The van der Waals surface area contributed by atoms with Crippen molar-refractivity contribution in [3.63, 3.8) is 0 Å². The first-order chi connectivity index (χ1) is 9.13. The van der Waals surface area contributed by atoms with E-state index in [-0.39, 0.29) is 11.9 Å². The SMILES string of the molecule is COc1cccc(N)c1C(=O)N[C@H]1CCCC[C@@H]1O. The second kappa shape index (κ2) is 5.93. The van der Waals surface area contributed by atoms with Crippen LogP contribution in [0.3, 0.4) is 0 Å². The van der Waals surface area contributed by atoms with Gasteiger partial charge < -0.3 is 20.9 Å². The summed E-state index contributed by atoms with van der Waals surface area (Å²) in [6.07, 6.45) is 3.07. The Morgan fingerprint density at radius 1 is 1.42 bits per heavy atom. The minimum absolute atomic E-state index is 0.203. The maximum absolute atomic E-state index is 12.3. The monoisotopic (exact) mass is 264 g/mol. The topological polar surface area (TPSA) is 84.6 Å². The van der Waals surface area contributed by atoms with Crippen molar-refractivity contribution in [1.82, 2.24) is 5.32 Å². The van der Waals surface area contributed by atoms with E-state index in [0.29, 0.717) is 17.0 Å². The van der Waals surface area contributed by atoms with Crippen LogP contribution in [0.25, 0.3) is 0 Å². The standard InChI is InChI=1S/C14H20N2O3/c1-19-12-8-4-5-9(15)13(12)14(18)16-10-6-2-3-7-11(10)17/h4-5,8,10-11,17H,2-3,6-7,15H2,1H3,(H,16,18)/t10-,11-/m0/s1. The van der Waals surface area contributed by atoms with Crippen LogP contribution in [-0.4, -0.2) is 30.3 Å². The fourth-order valence-electron chi connectivity index (χ4n) is 2.48. The fraction of sp³-hybridized carbons (Fsp3) is 0.500. The number of hydrogen-bond donors (Lipinski definition) is 3. The molecule has 1 fully saturated rings. The van der Waals surface area contributed by atoms with Crippen molar-refractivity contribution in [2.75, 3.05) is 12.8 Å². The molecule has 0 bridgehead atoms. The zero-order valence-electron chi connectivity index (χ0n) is 11.1. The van der Waals surface area contributed by atoms with E-state index in [1.165, 1.54) is 7.11 Å². The third-order valence-electron chi connectivity index (χ3n) is 3.55. The van der Waals surface area contributed by atoms with Crippen molar-refractivity contribution >= 4 is 11.6 Å². The van der Waals surface area contributed by atoms with Crippen LogP contribution in [0.1, 0.15) is 36.0 Å². The molecule has 0 spiro atoms. The highest BCUT2D eigenvalue weighted by Crippen LogP contribution is 2.25. The molecule has 0 saturated heterocycles. The molecule has 5 heteroatoms. The molecule has 1 amide bonds. The predicted molar refractivity (Wildman–Crippen MR) is 73.1 cm³/mol. The number of anilines is 1. The summed E-state index contributed by atoms with van der Waals surface area (Å²) in [7, 11) is 1.50. The van der Waals surface area contributed by atoms with Gasteiger partial charge in [0.25, 0.3) is 5.91 Å². The van der Waals surface area contributed by atoms with Gasteiger partial charge in [-0.25, -0.2) is 0 Å². The summed E-state index contributed by atoms with van der Waals surface area (Å²) in [5.41, 5.74) is 6.55. The summed E-state index contributed by atoms with van der Waals surface area (Å²) in [5.74, 6) is 0.156. The van der Waals surface area contributed by atoms with E-state index in [9.17, 15) is 9.90 Å². The molecule has 19 heavy (non-hydrogen) atoms. The Morgan fingerprint density at radius 3 is 2.84 bits per heavy atom. The molecule has 2 atom stereocenters. The molecule has 0 unspecified atom stereocenters. The molecule has 5 nitrogen and oxygen atoms in total. The number of amides is 1. The number of aliphatic hydroxyl groups is 1. The highest BCUT2D eigenvalue weighted by atomic mass is 16.5. The van der Waals surface area contributed by atoms with Crippen molar-refractivity contribution in [2.24, 2.45) is 0 Å². The molecule has 1 aliphatic carbocycles. The molecule has 104 valence electrons. The number of nitrogens with one attached hydrogen (secondary N) is 1. The van der Waals surface area contributed by atoms with Crippen molar-refractivity contribution in [2.45, 2.75) is 37.8 Å². The number of aliphatic hydroxyl groups excluding tert-OH is 1. The number of benzene rings is 1. The zero-order chi connectivity index (χ0) is 13.8. The number of nitrogen functional groups attached to an aromatic ring is 1. The van der Waals surface area contributed by atoms with Gasteiger partial charge >= 0.3 is 0 Å². The van der Waals surface area contributed by atoms with Crippen LogP contribution in [0.2, 0.25) is 0 Å². The third-order valence-corrected chi connectivity index (χ3v) is 3.55. The number of hydrogen-bond acceptors (Lipinski definition) is 4. The lowest BCUT2D eigenvalue weighted by molar-refractivity contribution is 0.0716. The van der Waals surface area contributed by atoms with Gasteiger partial charge in [0.05, 0.1) is 19.3 Å². The molecule has 1 saturated carbocycles. The summed E-state index contributed by atoms with van der Waals surface area (Å²) in [6, 6.07) is 4.89. The van der Waals surface area contributed by atoms with Crippen molar-refractivity contribution in [3.05, 3.63) is 23.8 Å². The molecular formula is C14H20N2O3. The lowest BCUT2D eigenvalue weighted by Gasteiger charge is -2.28. The fourth-order valence-corrected chi connectivity index (χ4v) is 2.48. The Bertz CT molecular complexity index is 462. The molecule has 1 aromatic rings. The van der Waals surface area contributed by atoms with Gasteiger partial charge in [-0.2, -0.15) is 0 Å². The smallest absolute Gasteiger partial charge is 0.257 e. The van der Waals surface area contributed by atoms with Crippen LogP contribution in [-0.2, 0) is 0 Å². The van der Waals surface area contributed by atoms with Gasteiger partial charge in [-0.05, 0) is 25.0 Å². The molecule has 0 radical (unpaired) electrons. The average molecular weight is 264 g/mol. The molecule has 0 aliphatic heterocycles. The average Bonchev–Trinajstić information content (AvgIpc) is 2.40. The lowest BCUT2D eigenvalue weighted by Crippen LogP contribution is -2.45. The number of ether oxygens (including phenoxy) is 1. The number of nitrogens with two attached hydrogens (primary N) is 1. The van der Waals surface area contributed by atoms with Crippen molar-refractivity contribution in [1.29, 1.82) is 0 Å². The van der Waals surface area contributed by atoms with E-state index in [2.05, 4.69) is 5.32 Å². The Morgan fingerprint density at radius 2 is 2.16 bits per heavy atom. The number of carbonyl (C=O) groups is 1. The van der Waals surface area contributed by atoms with E-state index >= 15 is 0 Å². The second-order valence-electron chi connectivity index (χ2n) is 4.86. The Kier molecular flexibility index (Phi) is 4.27. The minimum Gasteiger partial charge on any atom is -0.496 e. The van der Waals surface area contributed by atoms with Gasteiger partial charge in [-0.15, -0.1) is 0 Å². The van der Waals surface area contributed by atoms with Crippen molar-refractivity contribution < 1.29 is 14.6 Å². The van der Waals surface area contributed by atoms with Crippen LogP contribution in [0.5, 0.6) is 5.75 Å². The molecule has 0 heterocycles. The third kappa shape index (κ3) is 2.98. The highest BCUT2D eigenvalue weighted by molar-refractivity contribution is 6.02. The van der Waals surface area contributed by atoms with E-state index in [4.69, 9.17) is 10.5 Å². The maximum Gasteiger partial charge on any atom is 0.257 e. The lowest BCUT2D eigenvalue weighted by atomic mass is 9.92. The van der Waals surface area contributed by atoms with Gasteiger partial charge in [-0.1, -0.05) is 18.9 Å². The Labute approximate surface area is 112 Å². The molecule has 2 rings (SSSR count). The second-order valence-corrected chi connectivity index (χ2v) is 4.86. The first-order valence-corrected chi connectivity index (χ1v) is 6.55. The zero-order valence-corrected chi connectivity index (χ0v) is 11.1. The van der Waals surface area contributed by atoms with Crippen LogP contribution in [0, 0.1) is 0 Å². The largest absolute Gasteiger partial charge is 0.496 e. The molecule has 1 aliphatic rings. The summed E-state index contributed by atoms with van der Waals surface area (Å²) < 4.78 is 5.16. The summed E-state index contributed by atoms with van der Waals surface area (Å²) in [4.78, 5) is 12.3. The van der Waals surface area contributed by atoms with Crippen LogP contribution < -0.4 is 15.8 Å². The van der Waals surface area contributed by atoms with E-state index in [0.717, 1.165) is 25.7 Å². The van der Waals surface area contributed by atoms with E-state index in [1.807, 2.05) is 0 Å². The molecule has 0 aromatic heterocycles. The van der Waals surface area contributed by atoms with E-state index in [1.54, 1.807) is 18.2 Å². The van der Waals surface area contributed by atoms with Crippen LogP contribution in [0.15, 0.2) is 18.2 Å². The number of carbonyl (C=O) groups excluding carboxylic acids is 1. The number of rotatable bonds is 3. The summed E-state index contributed by atoms with van der Waals surface area (Å²) in [6.45, 7) is 0. The summed E-state index contributed by atoms with van der Waals surface area (Å²) in [5, 5.41) is 12.7. The highest BCUT2D eigenvalue weighted by Gasteiger charge is 2.26.